The van der Waals surface area contributed by atoms with E-state index in [0.29, 0.717) is 25.5 Å². The summed E-state index contributed by atoms with van der Waals surface area (Å²) in [4.78, 5) is 16.8. The summed E-state index contributed by atoms with van der Waals surface area (Å²) in [6, 6.07) is 8.01. The number of carbonyl (C=O) groups excluding carboxylic acids is 1. The number of benzene rings is 1. The van der Waals surface area contributed by atoms with E-state index in [0.717, 1.165) is 17.7 Å². The monoisotopic (exact) mass is 300 g/mol. The molecule has 0 bridgehead atoms. The van der Waals surface area contributed by atoms with E-state index in [1.165, 1.54) is 5.56 Å². The number of hydrogen-bond donors (Lipinski definition) is 1. The normalized spacial score (nSPS) is 19.9. The molecule has 1 aliphatic rings. The molecular weight excluding hydrogens is 280 g/mol. The van der Waals surface area contributed by atoms with Gasteiger partial charge in [-0.1, -0.05) is 24.3 Å². The van der Waals surface area contributed by atoms with Gasteiger partial charge >= 0.3 is 5.97 Å². The Kier molecular flexibility index (Phi) is 3.98. The Labute approximate surface area is 129 Å². The first-order valence-corrected chi connectivity index (χ1v) is 7.57. The number of rotatable bonds is 5. The first-order chi connectivity index (χ1) is 10.7. The lowest BCUT2D eigenvalue weighted by Gasteiger charge is -2.28. The Bertz CT molecular complexity index is 680. The highest BCUT2D eigenvalue weighted by Gasteiger charge is 2.46. The molecule has 0 spiro atoms. The summed E-state index contributed by atoms with van der Waals surface area (Å²) in [5.74, 6) is 1.10. The number of carbonyl (C=O) groups is 1. The molecule has 5 nitrogen and oxygen atoms in total. The Morgan fingerprint density at radius 3 is 3.00 bits per heavy atom. The summed E-state index contributed by atoms with van der Waals surface area (Å²) in [6.45, 7) is 4.43. The molecular formula is C17H20N2O3. The molecule has 0 saturated heterocycles. The topological polar surface area (TPSA) is 64.4 Å². The van der Waals surface area contributed by atoms with Gasteiger partial charge in [-0.2, -0.15) is 0 Å². The van der Waals surface area contributed by atoms with Crippen LogP contribution in [0.2, 0.25) is 0 Å². The highest BCUT2D eigenvalue weighted by molar-refractivity contribution is 5.84. The number of aromatic nitrogens is 1. The third kappa shape index (κ3) is 2.52. The quantitative estimate of drug-likeness (QED) is 0.859. The Morgan fingerprint density at radius 1 is 1.45 bits per heavy atom. The van der Waals surface area contributed by atoms with Crippen molar-refractivity contribution in [3.8, 4) is 0 Å². The number of ether oxygens (including phenoxy) is 1. The minimum absolute atomic E-state index is 0.233. The fourth-order valence-electron chi connectivity index (χ4n) is 3.04. The van der Waals surface area contributed by atoms with Crippen molar-refractivity contribution in [2.45, 2.75) is 38.8 Å². The van der Waals surface area contributed by atoms with E-state index in [4.69, 9.17) is 9.15 Å². The molecule has 1 atom stereocenters. The number of oxazole rings is 1. The Morgan fingerprint density at radius 2 is 2.27 bits per heavy atom. The molecule has 0 aliphatic heterocycles. The van der Waals surface area contributed by atoms with Gasteiger partial charge in [0.2, 0.25) is 5.89 Å². The van der Waals surface area contributed by atoms with Crippen molar-refractivity contribution in [2.75, 3.05) is 6.61 Å². The lowest BCUT2D eigenvalue weighted by molar-refractivity contribution is -0.152. The molecule has 1 N–H and O–H groups in total. The first kappa shape index (κ1) is 14.8. The van der Waals surface area contributed by atoms with E-state index in [1.807, 2.05) is 32.0 Å². The molecule has 0 fully saturated rings. The zero-order chi connectivity index (χ0) is 15.6. The molecule has 1 aliphatic carbocycles. The van der Waals surface area contributed by atoms with Crippen LogP contribution in [0.4, 0.5) is 0 Å². The van der Waals surface area contributed by atoms with Crippen LogP contribution in [0, 0.1) is 6.92 Å². The van der Waals surface area contributed by atoms with Crippen LogP contribution in [0.25, 0.3) is 0 Å². The smallest absolute Gasteiger partial charge is 0.331 e. The third-order valence-electron chi connectivity index (χ3n) is 4.08. The zero-order valence-electron chi connectivity index (χ0n) is 12.9. The summed E-state index contributed by atoms with van der Waals surface area (Å²) >= 11 is 0. The molecule has 0 unspecified atom stereocenters. The highest BCUT2D eigenvalue weighted by atomic mass is 16.5. The third-order valence-corrected chi connectivity index (χ3v) is 4.08. The number of hydrogen-bond acceptors (Lipinski definition) is 5. The first-order valence-electron chi connectivity index (χ1n) is 7.57. The molecule has 2 aromatic rings. The van der Waals surface area contributed by atoms with Gasteiger partial charge in [0.15, 0.2) is 0 Å². The fourth-order valence-corrected chi connectivity index (χ4v) is 3.04. The average molecular weight is 300 g/mol. The van der Waals surface area contributed by atoms with Gasteiger partial charge < -0.3 is 9.15 Å². The van der Waals surface area contributed by atoms with Crippen LogP contribution in [0.15, 0.2) is 34.9 Å². The predicted octanol–water partition coefficient (Wildman–Crippen LogP) is 2.48. The molecule has 3 rings (SSSR count). The van der Waals surface area contributed by atoms with E-state index in [2.05, 4.69) is 16.4 Å². The van der Waals surface area contributed by atoms with Crippen molar-refractivity contribution in [3.63, 3.8) is 0 Å². The van der Waals surface area contributed by atoms with Gasteiger partial charge in [-0.15, -0.1) is 0 Å². The van der Waals surface area contributed by atoms with Crippen molar-refractivity contribution in [1.82, 2.24) is 10.3 Å². The van der Waals surface area contributed by atoms with Crippen LogP contribution in [0.3, 0.4) is 0 Å². The lowest BCUT2D eigenvalue weighted by atomic mass is 9.91. The predicted molar refractivity (Wildman–Crippen MR) is 81.2 cm³/mol. The highest BCUT2D eigenvalue weighted by Crippen LogP contribution is 2.38. The number of nitrogens with one attached hydrogen (secondary N) is 1. The summed E-state index contributed by atoms with van der Waals surface area (Å²) in [5.41, 5.74) is 1.37. The number of fused-ring (bicyclic) bond motifs is 1. The maximum absolute atomic E-state index is 12.6. The van der Waals surface area contributed by atoms with E-state index < -0.39 is 5.54 Å². The van der Waals surface area contributed by atoms with Gasteiger partial charge in [0, 0.05) is 0 Å². The lowest BCUT2D eigenvalue weighted by Crippen LogP contribution is -2.48. The van der Waals surface area contributed by atoms with Crippen LogP contribution in [0.1, 0.15) is 36.1 Å². The van der Waals surface area contributed by atoms with Crippen molar-refractivity contribution in [2.24, 2.45) is 0 Å². The van der Waals surface area contributed by atoms with Crippen LogP contribution < -0.4 is 5.32 Å². The summed E-state index contributed by atoms with van der Waals surface area (Å²) < 4.78 is 10.8. The summed E-state index contributed by atoms with van der Waals surface area (Å²) in [7, 11) is 0. The molecule has 0 radical (unpaired) electrons. The molecule has 0 amide bonds. The molecule has 0 saturated carbocycles. The Balaban J connectivity index is 1.89. The summed E-state index contributed by atoms with van der Waals surface area (Å²) in [5, 5.41) is 3.33. The summed E-state index contributed by atoms with van der Waals surface area (Å²) in [6.07, 6.45) is 3.22. The minimum atomic E-state index is -0.811. The number of esters is 1. The maximum Gasteiger partial charge on any atom is 0.331 e. The zero-order valence-corrected chi connectivity index (χ0v) is 12.9. The van der Waals surface area contributed by atoms with Gasteiger partial charge in [0.1, 0.15) is 11.3 Å². The molecule has 1 heterocycles. The molecule has 5 heteroatoms. The van der Waals surface area contributed by atoms with E-state index in [1.54, 1.807) is 6.20 Å². The van der Waals surface area contributed by atoms with Crippen molar-refractivity contribution in [3.05, 3.63) is 53.2 Å². The standard InChI is InChI=1S/C17H20N2O3/c1-3-21-16(20)17(19-11-15-18-10-12(2)22-15)9-8-13-6-4-5-7-14(13)17/h4-7,10,19H,3,8-9,11H2,1-2H3/t17-/m1/s1. The van der Waals surface area contributed by atoms with Crippen LogP contribution in [-0.4, -0.2) is 17.6 Å². The second-order valence-corrected chi connectivity index (χ2v) is 5.50. The van der Waals surface area contributed by atoms with Crippen LogP contribution in [-0.2, 0) is 28.0 Å². The van der Waals surface area contributed by atoms with Crippen LogP contribution >= 0.6 is 0 Å². The molecule has 1 aromatic carbocycles. The Hall–Kier alpha value is -2.14. The largest absolute Gasteiger partial charge is 0.464 e. The van der Waals surface area contributed by atoms with Crippen molar-refractivity contribution in [1.29, 1.82) is 0 Å². The van der Waals surface area contributed by atoms with Crippen molar-refractivity contribution >= 4 is 5.97 Å². The fraction of sp³-hybridized carbons (Fsp3) is 0.412. The molecule has 1 aromatic heterocycles. The second-order valence-electron chi connectivity index (χ2n) is 5.50. The molecule has 22 heavy (non-hydrogen) atoms. The van der Waals surface area contributed by atoms with E-state index in [-0.39, 0.29) is 5.97 Å². The van der Waals surface area contributed by atoms with Crippen LogP contribution in [0.5, 0.6) is 0 Å². The second kappa shape index (κ2) is 5.93. The maximum atomic E-state index is 12.6. The number of aryl methyl sites for hydroxylation is 2. The van der Waals surface area contributed by atoms with E-state index in [9.17, 15) is 4.79 Å². The van der Waals surface area contributed by atoms with Gasteiger partial charge in [-0.3, -0.25) is 5.32 Å². The SMILES string of the molecule is CCOC(=O)[C@@]1(NCc2ncc(C)o2)CCc2ccccc21. The van der Waals surface area contributed by atoms with Gasteiger partial charge in [0.25, 0.3) is 0 Å². The van der Waals surface area contributed by atoms with Crippen molar-refractivity contribution < 1.29 is 13.9 Å². The van der Waals surface area contributed by atoms with E-state index >= 15 is 0 Å². The average Bonchev–Trinajstić information content (AvgIpc) is 3.10. The van der Waals surface area contributed by atoms with Gasteiger partial charge in [0.05, 0.1) is 19.3 Å². The number of nitrogens with zero attached hydrogens (tertiary/aromatic N) is 1. The van der Waals surface area contributed by atoms with Gasteiger partial charge in [-0.05, 0) is 37.8 Å². The minimum Gasteiger partial charge on any atom is -0.464 e. The molecule has 116 valence electrons. The van der Waals surface area contributed by atoms with Gasteiger partial charge in [-0.25, -0.2) is 9.78 Å².